The molecule has 1 N–H and O–H groups in total. The predicted molar refractivity (Wildman–Crippen MR) is 69.9 cm³/mol. The van der Waals surface area contributed by atoms with Crippen LogP contribution in [0.5, 0.6) is 0 Å². The fourth-order valence-corrected chi connectivity index (χ4v) is 3.97. The Hall–Kier alpha value is -1.04. The zero-order valence-corrected chi connectivity index (χ0v) is 10.9. The summed E-state index contributed by atoms with van der Waals surface area (Å²) in [6, 6.07) is 9.65. The molecule has 3 heteroatoms. The van der Waals surface area contributed by atoms with Gasteiger partial charge in [-0.15, -0.1) is 0 Å². The van der Waals surface area contributed by atoms with Crippen LogP contribution in [0.25, 0.3) is 0 Å². The first-order chi connectivity index (χ1) is 8.65. The van der Waals surface area contributed by atoms with Crippen molar-refractivity contribution < 1.29 is 5.11 Å². The van der Waals surface area contributed by atoms with E-state index >= 15 is 0 Å². The maximum Gasteiger partial charge on any atom is 0.0979 e. The van der Waals surface area contributed by atoms with E-state index in [0.717, 1.165) is 24.8 Å². The van der Waals surface area contributed by atoms with Crippen molar-refractivity contribution in [3.8, 4) is 6.07 Å². The minimum atomic E-state index is -0.685. The van der Waals surface area contributed by atoms with E-state index in [4.69, 9.17) is 11.6 Å². The summed E-state index contributed by atoms with van der Waals surface area (Å²) in [6.45, 7) is 0. The van der Waals surface area contributed by atoms with Crippen LogP contribution in [0.2, 0.25) is 5.02 Å². The number of nitrogens with zero attached hydrogens (tertiary/aromatic N) is 1. The zero-order valence-electron chi connectivity index (χ0n) is 10.1. The second kappa shape index (κ2) is 4.26. The van der Waals surface area contributed by atoms with Crippen LogP contribution in [0.15, 0.2) is 24.3 Å². The molecule has 0 saturated heterocycles. The number of hydrogen-bond donors (Lipinski definition) is 1. The van der Waals surface area contributed by atoms with Gasteiger partial charge in [-0.05, 0) is 48.8 Å². The summed E-state index contributed by atoms with van der Waals surface area (Å²) >= 11 is 5.86. The van der Waals surface area contributed by atoms with E-state index in [0.29, 0.717) is 16.9 Å². The smallest absolute Gasteiger partial charge is 0.0979 e. The van der Waals surface area contributed by atoms with E-state index in [1.807, 2.05) is 12.1 Å². The van der Waals surface area contributed by atoms with Crippen LogP contribution in [0.3, 0.4) is 0 Å². The number of aliphatic hydroxyl groups is 1. The van der Waals surface area contributed by atoms with E-state index < -0.39 is 11.5 Å². The Morgan fingerprint density at radius 1 is 1.33 bits per heavy atom. The average molecular weight is 262 g/mol. The minimum absolute atomic E-state index is 0.359. The van der Waals surface area contributed by atoms with Gasteiger partial charge in [0.1, 0.15) is 0 Å². The van der Waals surface area contributed by atoms with Gasteiger partial charge in [-0.3, -0.25) is 0 Å². The lowest BCUT2D eigenvalue weighted by molar-refractivity contribution is 0.0233. The molecular weight excluding hydrogens is 246 g/mol. The molecule has 4 unspecified atom stereocenters. The summed E-state index contributed by atoms with van der Waals surface area (Å²) < 4.78 is 0. The Bertz CT molecular complexity index is 492. The van der Waals surface area contributed by atoms with Crippen molar-refractivity contribution in [2.75, 3.05) is 0 Å². The van der Waals surface area contributed by atoms with E-state index in [2.05, 4.69) is 6.07 Å². The number of rotatable bonds is 2. The van der Waals surface area contributed by atoms with Gasteiger partial charge in [-0.2, -0.15) is 5.26 Å². The van der Waals surface area contributed by atoms with Gasteiger partial charge in [0.2, 0.25) is 0 Å². The maximum atomic E-state index is 10.6. The SMILES string of the molecule is N#CC1(C(O)c2ccc(Cl)cc2)CC2CCC1C2. The minimum Gasteiger partial charge on any atom is -0.387 e. The van der Waals surface area contributed by atoms with Gasteiger partial charge >= 0.3 is 0 Å². The number of halogens is 1. The molecule has 0 amide bonds. The number of benzene rings is 1. The van der Waals surface area contributed by atoms with Crippen LogP contribution >= 0.6 is 11.6 Å². The van der Waals surface area contributed by atoms with Gasteiger partial charge in [0, 0.05) is 5.02 Å². The summed E-state index contributed by atoms with van der Waals surface area (Å²) in [6.07, 6.45) is 3.58. The van der Waals surface area contributed by atoms with Gasteiger partial charge in [0.25, 0.3) is 0 Å². The molecule has 2 saturated carbocycles. The second-order valence-corrected chi connectivity index (χ2v) is 6.12. The van der Waals surface area contributed by atoms with Gasteiger partial charge < -0.3 is 5.11 Å². The van der Waals surface area contributed by atoms with Gasteiger partial charge in [-0.25, -0.2) is 0 Å². The summed E-state index contributed by atoms with van der Waals surface area (Å²) in [5.74, 6) is 0.995. The molecule has 0 radical (unpaired) electrons. The molecule has 94 valence electrons. The Kier molecular flexibility index (Phi) is 2.84. The fraction of sp³-hybridized carbons (Fsp3) is 0.533. The standard InChI is InChI=1S/C15H16ClNO/c16-13-5-2-11(3-6-13)14(18)15(9-17)8-10-1-4-12(15)7-10/h2-3,5-6,10,12,14,18H,1,4,7-8H2. The van der Waals surface area contributed by atoms with Crippen LogP contribution in [0.4, 0.5) is 0 Å². The lowest BCUT2D eigenvalue weighted by Crippen LogP contribution is -2.33. The van der Waals surface area contributed by atoms with Gasteiger partial charge in [-0.1, -0.05) is 30.2 Å². The molecule has 2 nitrogen and oxygen atoms in total. The number of aliphatic hydroxyl groups excluding tert-OH is 1. The highest BCUT2D eigenvalue weighted by Crippen LogP contribution is 2.60. The third kappa shape index (κ3) is 1.66. The van der Waals surface area contributed by atoms with Crippen molar-refractivity contribution in [2.45, 2.75) is 31.8 Å². The van der Waals surface area contributed by atoms with Gasteiger partial charge in [0.05, 0.1) is 17.6 Å². The second-order valence-electron chi connectivity index (χ2n) is 5.69. The van der Waals surface area contributed by atoms with E-state index in [9.17, 15) is 10.4 Å². The fourth-order valence-electron chi connectivity index (χ4n) is 3.85. The molecule has 0 heterocycles. The lowest BCUT2D eigenvalue weighted by Gasteiger charge is -2.35. The van der Waals surface area contributed by atoms with Crippen LogP contribution in [-0.4, -0.2) is 5.11 Å². The first kappa shape index (κ1) is 12.0. The first-order valence-electron chi connectivity index (χ1n) is 6.50. The monoisotopic (exact) mass is 261 g/mol. The Labute approximate surface area is 112 Å². The highest BCUT2D eigenvalue weighted by atomic mass is 35.5. The summed E-state index contributed by atoms with van der Waals surface area (Å²) in [7, 11) is 0. The maximum absolute atomic E-state index is 10.6. The number of hydrogen-bond acceptors (Lipinski definition) is 2. The van der Waals surface area contributed by atoms with Crippen molar-refractivity contribution in [1.29, 1.82) is 5.26 Å². The highest BCUT2D eigenvalue weighted by molar-refractivity contribution is 6.30. The molecule has 4 atom stereocenters. The molecule has 2 fully saturated rings. The molecule has 18 heavy (non-hydrogen) atoms. The Morgan fingerprint density at radius 3 is 2.56 bits per heavy atom. The molecule has 0 aliphatic heterocycles. The average Bonchev–Trinajstić information content (AvgIpc) is 2.99. The van der Waals surface area contributed by atoms with E-state index in [1.54, 1.807) is 12.1 Å². The predicted octanol–water partition coefficient (Wildman–Crippen LogP) is 3.70. The first-order valence-corrected chi connectivity index (χ1v) is 6.88. The summed E-state index contributed by atoms with van der Waals surface area (Å²) in [5.41, 5.74) is 0.241. The van der Waals surface area contributed by atoms with Crippen molar-refractivity contribution in [3.63, 3.8) is 0 Å². The third-order valence-corrected chi connectivity index (χ3v) is 5.03. The van der Waals surface area contributed by atoms with Crippen LogP contribution in [-0.2, 0) is 0 Å². The van der Waals surface area contributed by atoms with Crippen molar-refractivity contribution in [3.05, 3.63) is 34.9 Å². The Morgan fingerprint density at radius 2 is 2.06 bits per heavy atom. The van der Waals surface area contributed by atoms with Crippen LogP contribution < -0.4 is 0 Å². The molecule has 2 bridgehead atoms. The molecule has 0 spiro atoms. The lowest BCUT2D eigenvalue weighted by atomic mass is 9.68. The van der Waals surface area contributed by atoms with Crippen molar-refractivity contribution >= 4 is 11.6 Å². The van der Waals surface area contributed by atoms with Gasteiger partial charge in [0.15, 0.2) is 0 Å². The molecule has 3 rings (SSSR count). The quantitative estimate of drug-likeness (QED) is 0.882. The summed E-state index contributed by atoms with van der Waals surface area (Å²) in [5, 5.41) is 20.9. The zero-order chi connectivity index (χ0) is 12.8. The van der Waals surface area contributed by atoms with E-state index in [-0.39, 0.29) is 0 Å². The van der Waals surface area contributed by atoms with Crippen molar-refractivity contribution in [1.82, 2.24) is 0 Å². The number of fused-ring (bicyclic) bond motifs is 2. The third-order valence-electron chi connectivity index (χ3n) is 4.78. The molecule has 1 aromatic carbocycles. The molecule has 2 aliphatic rings. The summed E-state index contributed by atoms with van der Waals surface area (Å²) in [4.78, 5) is 0. The number of nitriles is 1. The normalized spacial score (nSPS) is 35.4. The van der Waals surface area contributed by atoms with Crippen molar-refractivity contribution in [2.24, 2.45) is 17.3 Å². The highest BCUT2D eigenvalue weighted by Gasteiger charge is 2.55. The Balaban J connectivity index is 1.93. The molecular formula is C15H16ClNO. The largest absolute Gasteiger partial charge is 0.387 e. The molecule has 1 aromatic rings. The van der Waals surface area contributed by atoms with E-state index in [1.165, 1.54) is 6.42 Å². The molecule has 2 aliphatic carbocycles. The topological polar surface area (TPSA) is 44.0 Å². The molecule has 0 aromatic heterocycles. The van der Waals surface area contributed by atoms with Crippen LogP contribution in [0, 0.1) is 28.6 Å². The van der Waals surface area contributed by atoms with Crippen LogP contribution in [0.1, 0.15) is 37.4 Å².